The summed E-state index contributed by atoms with van der Waals surface area (Å²) in [5.41, 5.74) is 3.54. The first-order chi connectivity index (χ1) is 10.2. The summed E-state index contributed by atoms with van der Waals surface area (Å²) in [5.74, 6) is 0.920. The normalized spacial score (nSPS) is 37.2. The Labute approximate surface area is 128 Å². The summed E-state index contributed by atoms with van der Waals surface area (Å²) in [5, 5.41) is 3.85. The van der Waals surface area contributed by atoms with Crippen LogP contribution in [0.5, 0.6) is 0 Å². The van der Waals surface area contributed by atoms with Gasteiger partial charge in [0, 0.05) is 30.7 Å². The van der Waals surface area contributed by atoms with E-state index in [-0.39, 0.29) is 0 Å². The fraction of sp³-hybridized carbons (Fsp3) is 0.684. The number of hydrogen-bond acceptors (Lipinski definition) is 2. The van der Waals surface area contributed by atoms with Gasteiger partial charge < -0.3 is 5.32 Å². The average Bonchev–Trinajstić information content (AvgIpc) is 3.35. The minimum Gasteiger partial charge on any atom is -0.308 e. The lowest BCUT2D eigenvalue weighted by Gasteiger charge is -2.49. The molecule has 1 aliphatic heterocycles. The molecule has 1 N–H and O–H groups in total. The SMILES string of the molecule is CC1CNC(C)(C2CC2)CN1C1CCc2ccccc2C1. The summed E-state index contributed by atoms with van der Waals surface area (Å²) in [6.45, 7) is 7.26. The van der Waals surface area contributed by atoms with Gasteiger partial charge in [-0.3, -0.25) is 4.90 Å². The number of nitrogens with zero attached hydrogens (tertiary/aromatic N) is 1. The second-order valence-corrected chi connectivity index (χ2v) is 7.76. The van der Waals surface area contributed by atoms with Crippen molar-refractivity contribution in [1.29, 1.82) is 0 Å². The van der Waals surface area contributed by atoms with Gasteiger partial charge in [-0.15, -0.1) is 0 Å². The van der Waals surface area contributed by atoms with Crippen molar-refractivity contribution in [3.63, 3.8) is 0 Å². The third kappa shape index (κ3) is 2.53. The third-order valence-electron chi connectivity index (χ3n) is 6.15. The molecule has 3 unspecified atom stereocenters. The largest absolute Gasteiger partial charge is 0.308 e. The van der Waals surface area contributed by atoms with Crippen molar-refractivity contribution < 1.29 is 0 Å². The lowest BCUT2D eigenvalue weighted by Crippen LogP contribution is -2.65. The quantitative estimate of drug-likeness (QED) is 0.898. The van der Waals surface area contributed by atoms with Crippen molar-refractivity contribution in [2.75, 3.05) is 13.1 Å². The number of benzene rings is 1. The van der Waals surface area contributed by atoms with E-state index in [1.165, 1.54) is 38.6 Å². The summed E-state index contributed by atoms with van der Waals surface area (Å²) >= 11 is 0. The number of hydrogen-bond donors (Lipinski definition) is 1. The van der Waals surface area contributed by atoms with E-state index < -0.39 is 0 Å². The van der Waals surface area contributed by atoms with Gasteiger partial charge >= 0.3 is 0 Å². The Hall–Kier alpha value is -0.860. The molecule has 4 rings (SSSR count). The van der Waals surface area contributed by atoms with Gasteiger partial charge in [-0.2, -0.15) is 0 Å². The molecule has 1 heterocycles. The zero-order valence-electron chi connectivity index (χ0n) is 13.4. The molecule has 2 aliphatic carbocycles. The van der Waals surface area contributed by atoms with Crippen LogP contribution in [0.25, 0.3) is 0 Å². The molecule has 0 radical (unpaired) electrons. The lowest BCUT2D eigenvalue weighted by atomic mass is 9.84. The van der Waals surface area contributed by atoms with E-state index in [4.69, 9.17) is 0 Å². The highest BCUT2D eigenvalue weighted by molar-refractivity contribution is 5.30. The molecule has 2 fully saturated rings. The molecule has 21 heavy (non-hydrogen) atoms. The fourth-order valence-corrected chi connectivity index (χ4v) is 4.53. The van der Waals surface area contributed by atoms with Crippen molar-refractivity contribution in [2.24, 2.45) is 5.92 Å². The topological polar surface area (TPSA) is 15.3 Å². The molecule has 1 saturated carbocycles. The molecule has 0 bridgehead atoms. The average molecular weight is 284 g/mol. The van der Waals surface area contributed by atoms with Crippen LogP contribution >= 0.6 is 0 Å². The summed E-state index contributed by atoms with van der Waals surface area (Å²) in [6, 6.07) is 10.5. The number of nitrogens with one attached hydrogen (secondary N) is 1. The predicted molar refractivity (Wildman–Crippen MR) is 87.6 cm³/mol. The molecule has 0 aromatic heterocycles. The maximum Gasteiger partial charge on any atom is 0.0309 e. The van der Waals surface area contributed by atoms with Gasteiger partial charge in [-0.25, -0.2) is 0 Å². The Balaban J connectivity index is 1.52. The van der Waals surface area contributed by atoms with E-state index in [1.54, 1.807) is 11.1 Å². The van der Waals surface area contributed by atoms with Gasteiger partial charge in [0.25, 0.3) is 0 Å². The van der Waals surface area contributed by atoms with Gasteiger partial charge in [0.15, 0.2) is 0 Å². The summed E-state index contributed by atoms with van der Waals surface area (Å²) in [7, 11) is 0. The first kappa shape index (κ1) is 13.8. The molecule has 1 aromatic carbocycles. The zero-order valence-corrected chi connectivity index (χ0v) is 13.4. The monoisotopic (exact) mass is 284 g/mol. The standard InChI is InChI=1S/C19H28N2/c1-14-12-20-19(2,17-8-9-17)13-21(14)18-10-7-15-5-3-4-6-16(15)11-18/h3-6,14,17-18,20H,7-13H2,1-2H3. The van der Waals surface area contributed by atoms with E-state index in [1.807, 2.05) is 0 Å². The van der Waals surface area contributed by atoms with Crippen LogP contribution in [0.4, 0.5) is 0 Å². The van der Waals surface area contributed by atoms with Gasteiger partial charge in [0.2, 0.25) is 0 Å². The summed E-state index contributed by atoms with van der Waals surface area (Å²) in [4.78, 5) is 2.82. The maximum atomic E-state index is 3.85. The molecule has 0 amide bonds. The molecule has 114 valence electrons. The number of aryl methyl sites for hydroxylation is 1. The maximum absolute atomic E-state index is 3.85. The smallest absolute Gasteiger partial charge is 0.0309 e. The Morgan fingerprint density at radius 3 is 2.67 bits per heavy atom. The minimum atomic E-state index is 0.365. The summed E-state index contributed by atoms with van der Waals surface area (Å²) in [6.07, 6.45) is 6.71. The Morgan fingerprint density at radius 2 is 1.90 bits per heavy atom. The van der Waals surface area contributed by atoms with E-state index in [2.05, 4.69) is 48.3 Å². The zero-order chi connectivity index (χ0) is 14.4. The second kappa shape index (κ2) is 5.10. The third-order valence-corrected chi connectivity index (χ3v) is 6.15. The molecular formula is C19H28N2. The molecule has 1 aromatic rings. The highest BCUT2D eigenvalue weighted by Gasteiger charge is 2.46. The molecule has 0 spiro atoms. The molecule has 2 heteroatoms. The Kier molecular flexibility index (Phi) is 3.35. The molecular weight excluding hydrogens is 256 g/mol. The van der Waals surface area contributed by atoms with Crippen LogP contribution in [0.15, 0.2) is 24.3 Å². The van der Waals surface area contributed by atoms with Crippen LogP contribution in [-0.2, 0) is 12.8 Å². The van der Waals surface area contributed by atoms with Gasteiger partial charge in [-0.05, 0) is 63.0 Å². The van der Waals surface area contributed by atoms with Crippen molar-refractivity contribution >= 4 is 0 Å². The van der Waals surface area contributed by atoms with Crippen LogP contribution in [0.1, 0.15) is 44.2 Å². The lowest BCUT2D eigenvalue weighted by molar-refractivity contribution is 0.0407. The first-order valence-electron chi connectivity index (χ1n) is 8.73. The van der Waals surface area contributed by atoms with Crippen LogP contribution in [0.2, 0.25) is 0 Å². The van der Waals surface area contributed by atoms with Crippen molar-refractivity contribution in [1.82, 2.24) is 10.2 Å². The predicted octanol–water partition coefficient (Wildman–Crippen LogP) is 3.01. The highest BCUT2D eigenvalue weighted by Crippen LogP contribution is 2.42. The highest BCUT2D eigenvalue weighted by atomic mass is 15.3. The van der Waals surface area contributed by atoms with E-state index in [0.717, 1.165) is 18.5 Å². The van der Waals surface area contributed by atoms with E-state index >= 15 is 0 Å². The van der Waals surface area contributed by atoms with E-state index in [9.17, 15) is 0 Å². The van der Waals surface area contributed by atoms with Crippen molar-refractivity contribution in [2.45, 2.75) is 63.6 Å². The van der Waals surface area contributed by atoms with Gasteiger partial charge in [0.05, 0.1) is 0 Å². The van der Waals surface area contributed by atoms with Crippen molar-refractivity contribution in [3.8, 4) is 0 Å². The number of rotatable bonds is 2. The summed E-state index contributed by atoms with van der Waals surface area (Å²) < 4.78 is 0. The van der Waals surface area contributed by atoms with Crippen LogP contribution in [0.3, 0.4) is 0 Å². The first-order valence-corrected chi connectivity index (χ1v) is 8.73. The minimum absolute atomic E-state index is 0.365. The molecule has 3 atom stereocenters. The van der Waals surface area contributed by atoms with Crippen LogP contribution in [-0.4, -0.2) is 35.6 Å². The van der Waals surface area contributed by atoms with Crippen LogP contribution < -0.4 is 5.32 Å². The Morgan fingerprint density at radius 1 is 1.14 bits per heavy atom. The fourth-order valence-electron chi connectivity index (χ4n) is 4.53. The Bertz CT molecular complexity index is 522. The van der Waals surface area contributed by atoms with Crippen molar-refractivity contribution in [3.05, 3.63) is 35.4 Å². The van der Waals surface area contributed by atoms with Crippen LogP contribution in [0, 0.1) is 5.92 Å². The molecule has 2 nitrogen and oxygen atoms in total. The molecule has 3 aliphatic rings. The second-order valence-electron chi connectivity index (χ2n) is 7.76. The van der Waals surface area contributed by atoms with Gasteiger partial charge in [0.1, 0.15) is 0 Å². The van der Waals surface area contributed by atoms with Gasteiger partial charge in [-0.1, -0.05) is 24.3 Å². The number of fused-ring (bicyclic) bond motifs is 1. The van der Waals surface area contributed by atoms with E-state index in [0.29, 0.717) is 11.6 Å². The molecule has 1 saturated heterocycles. The number of piperazine rings is 1.